The number of aromatic amines is 1. The summed E-state index contributed by atoms with van der Waals surface area (Å²) in [5.74, 6) is 0.346. The van der Waals surface area contributed by atoms with Gasteiger partial charge in [0.2, 0.25) is 5.91 Å². The topological polar surface area (TPSA) is 69.3 Å². The number of hydrogen-bond donors (Lipinski definition) is 1. The van der Waals surface area contributed by atoms with Crippen LogP contribution in [-0.4, -0.2) is 58.3 Å². The molecule has 0 bridgehead atoms. The number of nitrogens with zero attached hydrogens (tertiary/aromatic N) is 3. The number of aromatic nitrogens is 2. The molecule has 3 aromatic rings. The molecule has 0 atom stereocenters. The molecule has 1 saturated heterocycles. The largest absolute Gasteiger partial charge is 0.346 e. The van der Waals surface area contributed by atoms with Gasteiger partial charge >= 0.3 is 0 Å². The van der Waals surface area contributed by atoms with Crippen LogP contribution >= 0.6 is 11.3 Å². The molecule has 4 heterocycles. The SMILES string of the molecule is CN(CC(=O)N1CCC(c2c[nH]c3ncccc23)CC1)C(=O)c1cccs1. The van der Waals surface area contributed by atoms with E-state index in [0.717, 1.165) is 31.6 Å². The van der Waals surface area contributed by atoms with Crippen LogP contribution in [0.2, 0.25) is 0 Å². The lowest BCUT2D eigenvalue weighted by atomic mass is 9.89. The Kier molecular flexibility index (Phi) is 4.94. The van der Waals surface area contributed by atoms with Crippen LogP contribution in [0, 0.1) is 0 Å². The first kappa shape index (κ1) is 17.7. The number of likely N-dealkylation sites (N-methyl/N-ethyl adjacent to an activating group) is 1. The number of likely N-dealkylation sites (tertiary alicyclic amines) is 1. The predicted octanol–water partition coefficient (Wildman–Crippen LogP) is 3.10. The first-order valence-corrected chi connectivity index (χ1v) is 10.00. The van der Waals surface area contributed by atoms with Gasteiger partial charge in [-0.2, -0.15) is 0 Å². The molecule has 0 aromatic carbocycles. The summed E-state index contributed by atoms with van der Waals surface area (Å²) in [4.78, 5) is 36.6. The Bertz CT molecular complexity index is 942. The maximum atomic E-state index is 12.6. The predicted molar refractivity (Wildman–Crippen MR) is 106 cm³/mol. The molecule has 0 aliphatic carbocycles. The second-order valence-corrected chi connectivity index (χ2v) is 7.88. The quantitative estimate of drug-likeness (QED) is 0.754. The lowest BCUT2D eigenvalue weighted by molar-refractivity contribution is -0.132. The van der Waals surface area contributed by atoms with Gasteiger partial charge in [0.1, 0.15) is 5.65 Å². The van der Waals surface area contributed by atoms with Crippen molar-refractivity contribution in [2.24, 2.45) is 0 Å². The zero-order valence-electron chi connectivity index (χ0n) is 15.2. The summed E-state index contributed by atoms with van der Waals surface area (Å²) in [7, 11) is 1.69. The molecular formula is C20H22N4O2S. The van der Waals surface area contributed by atoms with Gasteiger partial charge in [0.25, 0.3) is 5.91 Å². The molecule has 1 fully saturated rings. The third-order valence-electron chi connectivity index (χ3n) is 5.22. The van der Waals surface area contributed by atoms with Crippen LogP contribution in [0.4, 0.5) is 0 Å². The van der Waals surface area contributed by atoms with Gasteiger partial charge in [0.15, 0.2) is 0 Å². The van der Waals surface area contributed by atoms with Crippen molar-refractivity contribution in [1.29, 1.82) is 0 Å². The van der Waals surface area contributed by atoms with E-state index in [1.165, 1.54) is 27.2 Å². The zero-order valence-corrected chi connectivity index (χ0v) is 16.0. The molecule has 4 rings (SSSR count). The summed E-state index contributed by atoms with van der Waals surface area (Å²) in [6, 6.07) is 7.68. The van der Waals surface area contributed by atoms with E-state index >= 15 is 0 Å². The molecule has 1 N–H and O–H groups in total. The highest BCUT2D eigenvalue weighted by Gasteiger charge is 2.27. The minimum atomic E-state index is -0.0977. The highest BCUT2D eigenvalue weighted by molar-refractivity contribution is 7.12. The number of hydrogen-bond acceptors (Lipinski definition) is 4. The number of nitrogens with one attached hydrogen (secondary N) is 1. The normalized spacial score (nSPS) is 15.2. The smallest absolute Gasteiger partial charge is 0.264 e. The molecule has 0 radical (unpaired) electrons. The fraction of sp³-hybridized carbons (Fsp3) is 0.350. The standard InChI is InChI=1S/C20H22N4O2S/c1-23(20(26)17-5-3-11-27-17)13-18(25)24-9-6-14(7-10-24)16-12-22-19-15(16)4-2-8-21-19/h2-5,8,11-12,14H,6-7,9-10,13H2,1H3,(H,21,22). The van der Waals surface area contributed by atoms with Crippen LogP contribution in [0.1, 0.15) is 34.0 Å². The van der Waals surface area contributed by atoms with Crippen LogP contribution in [-0.2, 0) is 4.79 Å². The van der Waals surface area contributed by atoms with Crippen LogP contribution in [0.15, 0.2) is 42.0 Å². The summed E-state index contributed by atoms with van der Waals surface area (Å²) in [6.45, 7) is 1.56. The molecule has 0 spiro atoms. The fourth-order valence-electron chi connectivity index (χ4n) is 3.72. The summed E-state index contributed by atoms with van der Waals surface area (Å²) in [5.41, 5.74) is 2.20. The second-order valence-electron chi connectivity index (χ2n) is 6.94. The van der Waals surface area contributed by atoms with Crippen molar-refractivity contribution in [2.45, 2.75) is 18.8 Å². The number of carbonyl (C=O) groups is 2. The van der Waals surface area contributed by atoms with Crippen LogP contribution in [0.5, 0.6) is 0 Å². The van der Waals surface area contributed by atoms with E-state index in [1.54, 1.807) is 19.3 Å². The van der Waals surface area contributed by atoms with Gasteiger partial charge in [0.05, 0.1) is 11.4 Å². The Morgan fingerprint density at radius 1 is 1.30 bits per heavy atom. The van der Waals surface area contributed by atoms with Gasteiger partial charge in [-0.3, -0.25) is 9.59 Å². The number of piperidine rings is 1. The molecule has 1 aliphatic rings. The Morgan fingerprint density at radius 3 is 2.85 bits per heavy atom. The summed E-state index contributed by atoms with van der Waals surface area (Å²) in [6.07, 6.45) is 5.69. The fourth-order valence-corrected chi connectivity index (χ4v) is 4.44. The van der Waals surface area contributed by atoms with Crippen molar-refractivity contribution >= 4 is 34.2 Å². The first-order chi connectivity index (χ1) is 13.1. The van der Waals surface area contributed by atoms with Crippen molar-refractivity contribution < 1.29 is 9.59 Å². The molecule has 1 aliphatic heterocycles. The van der Waals surface area contributed by atoms with E-state index in [2.05, 4.69) is 16.0 Å². The molecule has 140 valence electrons. The molecule has 0 unspecified atom stereocenters. The molecule has 3 aromatic heterocycles. The average molecular weight is 382 g/mol. The van der Waals surface area contributed by atoms with E-state index < -0.39 is 0 Å². The van der Waals surface area contributed by atoms with Crippen LogP contribution in [0.25, 0.3) is 11.0 Å². The van der Waals surface area contributed by atoms with E-state index in [1.807, 2.05) is 28.6 Å². The van der Waals surface area contributed by atoms with Gasteiger partial charge in [0, 0.05) is 37.9 Å². The number of fused-ring (bicyclic) bond motifs is 1. The number of rotatable bonds is 4. The Hall–Kier alpha value is -2.67. The maximum Gasteiger partial charge on any atom is 0.264 e. The number of thiophene rings is 1. The lowest BCUT2D eigenvalue weighted by Crippen LogP contribution is -2.44. The van der Waals surface area contributed by atoms with Crippen LogP contribution < -0.4 is 0 Å². The van der Waals surface area contributed by atoms with E-state index in [0.29, 0.717) is 10.8 Å². The Balaban J connectivity index is 1.35. The van der Waals surface area contributed by atoms with Gasteiger partial charge in [-0.05, 0) is 47.9 Å². The van der Waals surface area contributed by atoms with Crippen molar-refractivity contribution in [3.05, 3.63) is 52.5 Å². The average Bonchev–Trinajstić information content (AvgIpc) is 3.37. The Morgan fingerprint density at radius 2 is 2.11 bits per heavy atom. The lowest BCUT2D eigenvalue weighted by Gasteiger charge is -2.33. The van der Waals surface area contributed by atoms with Gasteiger partial charge in [-0.25, -0.2) is 4.98 Å². The van der Waals surface area contributed by atoms with E-state index in [9.17, 15) is 9.59 Å². The first-order valence-electron chi connectivity index (χ1n) is 9.12. The summed E-state index contributed by atoms with van der Waals surface area (Å²) >= 11 is 1.40. The van der Waals surface area contributed by atoms with Crippen molar-refractivity contribution in [1.82, 2.24) is 19.8 Å². The molecule has 27 heavy (non-hydrogen) atoms. The van der Waals surface area contributed by atoms with Crippen molar-refractivity contribution in [3.8, 4) is 0 Å². The number of carbonyl (C=O) groups excluding carboxylic acids is 2. The second kappa shape index (κ2) is 7.52. The van der Waals surface area contributed by atoms with E-state index in [-0.39, 0.29) is 18.4 Å². The number of pyridine rings is 1. The van der Waals surface area contributed by atoms with Crippen molar-refractivity contribution in [3.63, 3.8) is 0 Å². The molecular weight excluding hydrogens is 360 g/mol. The van der Waals surface area contributed by atoms with Gasteiger partial charge < -0.3 is 14.8 Å². The monoisotopic (exact) mass is 382 g/mol. The molecule has 2 amide bonds. The third kappa shape index (κ3) is 3.60. The summed E-state index contributed by atoms with van der Waals surface area (Å²) in [5, 5.41) is 3.04. The maximum absolute atomic E-state index is 12.6. The van der Waals surface area contributed by atoms with Crippen molar-refractivity contribution in [2.75, 3.05) is 26.7 Å². The third-order valence-corrected chi connectivity index (χ3v) is 6.08. The number of H-pyrrole nitrogens is 1. The number of amides is 2. The molecule has 0 saturated carbocycles. The van der Waals surface area contributed by atoms with Gasteiger partial charge in [-0.1, -0.05) is 6.07 Å². The Labute approximate surface area is 161 Å². The highest BCUT2D eigenvalue weighted by Crippen LogP contribution is 2.32. The minimum Gasteiger partial charge on any atom is -0.346 e. The molecule has 6 nitrogen and oxygen atoms in total. The van der Waals surface area contributed by atoms with E-state index in [4.69, 9.17) is 0 Å². The van der Waals surface area contributed by atoms with Crippen LogP contribution in [0.3, 0.4) is 0 Å². The highest BCUT2D eigenvalue weighted by atomic mass is 32.1. The van der Waals surface area contributed by atoms with Gasteiger partial charge in [-0.15, -0.1) is 11.3 Å². The minimum absolute atomic E-state index is 0.0152. The zero-order chi connectivity index (χ0) is 18.8. The summed E-state index contributed by atoms with van der Waals surface area (Å²) < 4.78 is 0. The molecule has 7 heteroatoms.